The smallest absolute Gasteiger partial charge is 0.211 e. The SMILES string of the molecule is CCNC(=NCC1CCN(S(C)(=O)=O)CC1)NCCC(C)N(C)Cc1ccccc1.I. The maximum atomic E-state index is 11.6. The van der Waals surface area contributed by atoms with Gasteiger partial charge in [0, 0.05) is 45.3 Å². The Labute approximate surface area is 206 Å². The zero-order valence-corrected chi connectivity index (χ0v) is 22.5. The first-order valence-electron chi connectivity index (χ1n) is 11.0. The molecule has 0 aliphatic carbocycles. The van der Waals surface area contributed by atoms with Crippen molar-refractivity contribution in [1.29, 1.82) is 0 Å². The summed E-state index contributed by atoms with van der Waals surface area (Å²) < 4.78 is 24.9. The summed E-state index contributed by atoms with van der Waals surface area (Å²) in [5, 5.41) is 6.77. The Morgan fingerprint density at radius 2 is 1.87 bits per heavy atom. The minimum Gasteiger partial charge on any atom is -0.357 e. The lowest BCUT2D eigenvalue weighted by Crippen LogP contribution is -2.41. The number of rotatable bonds is 10. The summed E-state index contributed by atoms with van der Waals surface area (Å²) in [5.41, 5.74) is 1.33. The lowest BCUT2D eigenvalue weighted by Gasteiger charge is -2.29. The number of hydrogen-bond donors (Lipinski definition) is 2. The van der Waals surface area contributed by atoms with E-state index in [1.807, 2.05) is 6.07 Å². The van der Waals surface area contributed by atoms with Crippen molar-refractivity contribution in [2.75, 3.05) is 46.0 Å². The molecule has 1 aliphatic heterocycles. The molecule has 9 heteroatoms. The Bertz CT molecular complexity index is 752. The van der Waals surface area contributed by atoms with Gasteiger partial charge in [0.1, 0.15) is 0 Å². The van der Waals surface area contributed by atoms with Gasteiger partial charge in [0.2, 0.25) is 10.0 Å². The van der Waals surface area contributed by atoms with Crippen LogP contribution in [0.1, 0.15) is 38.7 Å². The van der Waals surface area contributed by atoms with Gasteiger partial charge in [-0.25, -0.2) is 12.7 Å². The fourth-order valence-corrected chi connectivity index (χ4v) is 4.51. The van der Waals surface area contributed by atoms with Gasteiger partial charge in [-0.15, -0.1) is 24.0 Å². The van der Waals surface area contributed by atoms with Crippen molar-refractivity contribution in [2.45, 2.75) is 45.7 Å². The minimum atomic E-state index is -3.07. The minimum absolute atomic E-state index is 0. The fourth-order valence-electron chi connectivity index (χ4n) is 3.63. The maximum Gasteiger partial charge on any atom is 0.211 e. The predicted molar refractivity (Wildman–Crippen MR) is 141 cm³/mol. The number of halogens is 1. The number of aliphatic imine (C=N–C) groups is 1. The third kappa shape index (κ3) is 10.5. The summed E-state index contributed by atoms with van der Waals surface area (Å²) >= 11 is 0. The largest absolute Gasteiger partial charge is 0.357 e. The van der Waals surface area contributed by atoms with Gasteiger partial charge in [-0.2, -0.15) is 0 Å². The normalized spacial score (nSPS) is 17.3. The molecule has 0 aromatic heterocycles. The number of hydrogen-bond acceptors (Lipinski definition) is 4. The van der Waals surface area contributed by atoms with Crippen molar-refractivity contribution in [3.8, 4) is 0 Å². The van der Waals surface area contributed by atoms with Crippen LogP contribution >= 0.6 is 24.0 Å². The van der Waals surface area contributed by atoms with Crippen LogP contribution < -0.4 is 10.6 Å². The molecule has 2 N–H and O–H groups in total. The van der Waals surface area contributed by atoms with E-state index in [1.54, 1.807) is 4.31 Å². The molecule has 31 heavy (non-hydrogen) atoms. The van der Waals surface area contributed by atoms with E-state index in [0.717, 1.165) is 51.4 Å². The van der Waals surface area contributed by atoms with Crippen LogP contribution in [0.2, 0.25) is 0 Å². The molecule has 0 radical (unpaired) electrons. The van der Waals surface area contributed by atoms with Crippen LogP contribution in [0, 0.1) is 5.92 Å². The average molecular weight is 566 g/mol. The number of nitrogens with one attached hydrogen (secondary N) is 2. The van der Waals surface area contributed by atoms with Crippen molar-refractivity contribution < 1.29 is 8.42 Å². The Hall–Kier alpha value is -0.910. The number of piperidine rings is 1. The first kappa shape index (κ1) is 28.1. The van der Waals surface area contributed by atoms with E-state index in [4.69, 9.17) is 4.99 Å². The Kier molecular flexibility index (Phi) is 13.0. The Morgan fingerprint density at radius 3 is 2.45 bits per heavy atom. The van der Waals surface area contributed by atoms with Crippen LogP contribution in [0.3, 0.4) is 0 Å². The highest BCUT2D eigenvalue weighted by Gasteiger charge is 2.24. The van der Waals surface area contributed by atoms with Gasteiger partial charge < -0.3 is 10.6 Å². The summed E-state index contributed by atoms with van der Waals surface area (Å²) in [5.74, 6) is 1.29. The summed E-state index contributed by atoms with van der Waals surface area (Å²) in [6.07, 6.45) is 4.06. The van der Waals surface area contributed by atoms with Gasteiger partial charge in [-0.05, 0) is 51.6 Å². The van der Waals surface area contributed by atoms with Crippen LogP contribution in [0.5, 0.6) is 0 Å². The summed E-state index contributed by atoms with van der Waals surface area (Å²) in [7, 11) is -0.901. The van der Waals surface area contributed by atoms with Gasteiger partial charge in [-0.3, -0.25) is 9.89 Å². The highest BCUT2D eigenvalue weighted by molar-refractivity contribution is 14.0. The van der Waals surface area contributed by atoms with Gasteiger partial charge in [-0.1, -0.05) is 30.3 Å². The second-order valence-corrected chi connectivity index (χ2v) is 10.3. The first-order chi connectivity index (χ1) is 14.3. The predicted octanol–water partition coefficient (Wildman–Crippen LogP) is 2.74. The molecule has 0 saturated carbocycles. The van der Waals surface area contributed by atoms with Crippen molar-refractivity contribution in [2.24, 2.45) is 10.9 Å². The zero-order valence-electron chi connectivity index (χ0n) is 19.4. The van der Waals surface area contributed by atoms with Crippen LogP contribution in [0.4, 0.5) is 0 Å². The van der Waals surface area contributed by atoms with Crippen LogP contribution in [-0.2, 0) is 16.6 Å². The summed E-state index contributed by atoms with van der Waals surface area (Å²) in [4.78, 5) is 7.12. The van der Waals surface area contributed by atoms with E-state index < -0.39 is 10.0 Å². The molecular formula is C22H40IN5O2S. The average Bonchev–Trinajstić information content (AvgIpc) is 2.72. The van der Waals surface area contributed by atoms with Crippen LogP contribution in [0.15, 0.2) is 35.3 Å². The van der Waals surface area contributed by atoms with Gasteiger partial charge in [0.25, 0.3) is 0 Å². The number of guanidine groups is 1. The topological polar surface area (TPSA) is 77.0 Å². The van der Waals surface area contributed by atoms with Gasteiger partial charge in [0.05, 0.1) is 6.26 Å². The Balaban J connectivity index is 0.00000480. The second-order valence-electron chi connectivity index (χ2n) is 8.29. The maximum absolute atomic E-state index is 11.6. The number of sulfonamides is 1. The molecule has 1 aromatic carbocycles. The van der Waals surface area contributed by atoms with Gasteiger partial charge in [0.15, 0.2) is 5.96 Å². The molecule has 1 aromatic rings. The van der Waals surface area contributed by atoms with E-state index in [0.29, 0.717) is 25.0 Å². The molecule has 1 atom stereocenters. The monoisotopic (exact) mass is 565 g/mol. The number of nitrogens with zero attached hydrogens (tertiary/aromatic N) is 3. The van der Waals surface area contributed by atoms with Crippen molar-refractivity contribution in [3.05, 3.63) is 35.9 Å². The molecule has 0 spiro atoms. The van der Waals surface area contributed by atoms with E-state index in [9.17, 15) is 8.42 Å². The summed E-state index contributed by atoms with van der Waals surface area (Å²) in [6.45, 7) is 8.89. The second kappa shape index (κ2) is 14.3. The molecule has 2 rings (SSSR count). The third-order valence-electron chi connectivity index (χ3n) is 5.78. The molecule has 1 saturated heterocycles. The van der Waals surface area contributed by atoms with E-state index in [2.05, 4.69) is 60.7 Å². The molecule has 1 unspecified atom stereocenters. The van der Waals surface area contributed by atoms with E-state index in [-0.39, 0.29) is 24.0 Å². The van der Waals surface area contributed by atoms with E-state index >= 15 is 0 Å². The Morgan fingerprint density at radius 1 is 1.23 bits per heavy atom. The standard InChI is InChI=1S/C22H39N5O2S.HI/c1-5-23-22(25-17-20-12-15-27(16-13-20)30(4,28)29)24-14-11-19(2)26(3)18-21-9-7-6-8-10-21;/h6-10,19-20H,5,11-18H2,1-4H3,(H2,23,24,25);1H. The molecule has 178 valence electrons. The summed E-state index contributed by atoms with van der Waals surface area (Å²) in [6, 6.07) is 11.0. The van der Waals surface area contributed by atoms with Crippen LogP contribution in [0.25, 0.3) is 0 Å². The van der Waals surface area contributed by atoms with Crippen molar-refractivity contribution >= 4 is 40.0 Å². The van der Waals surface area contributed by atoms with Gasteiger partial charge >= 0.3 is 0 Å². The van der Waals surface area contributed by atoms with Crippen molar-refractivity contribution in [1.82, 2.24) is 19.8 Å². The quantitative estimate of drug-likeness (QED) is 0.259. The fraction of sp³-hybridized carbons (Fsp3) is 0.682. The zero-order chi connectivity index (χ0) is 22.0. The molecule has 0 bridgehead atoms. The lowest BCUT2D eigenvalue weighted by atomic mass is 9.98. The highest BCUT2D eigenvalue weighted by Crippen LogP contribution is 2.19. The molecule has 7 nitrogen and oxygen atoms in total. The molecule has 1 aliphatic rings. The van der Waals surface area contributed by atoms with Crippen molar-refractivity contribution in [3.63, 3.8) is 0 Å². The molecule has 1 fully saturated rings. The number of benzene rings is 1. The third-order valence-corrected chi connectivity index (χ3v) is 7.08. The molecular weight excluding hydrogens is 525 g/mol. The lowest BCUT2D eigenvalue weighted by molar-refractivity contribution is 0.238. The highest BCUT2D eigenvalue weighted by atomic mass is 127. The first-order valence-corrected chi connectivity index (χ1v) is 12.9. The molecule has 1 heterocycles. The van der Waals surface area contributed by atoms with E-state index in [1.165, 1.54) is 11.8 Å². The van der Waals surface area contributed by atoms with Crippen LogP contribution in [-0.4, -0.2) is 75.7 Å². The molecule has 0 amide bonds.